The number of nitrogens with one attached hydrogen (secondary N) is 2. The quantitative estimate of drug-likeness (QED) is 0.532. The van der Waals surface area contributed by atoms with Crippen molar-refractivity contribution in [1.82, 2.24) is 10.2 Å². The molecule has 0 spiro atoms. The Bertz CT molecular complexity index is 608. The summed E-state index contributed by atoms with van der Waals surface area (Å²) in [5.74, 6) is 0.706. The van der Waals surface area contributed by atoms with Crippen molar-refractivity contribution in [3.63, 3.8) is 0 Å². The SMILES string of the molecule is COc1ccc(NC(=O)NC[C@H]2O[C@@H](CO)[C@@H](O)C2N2CCOCC2)cc1. The molecular formula is C18H27N3O6. The Balaban J connectivity index is 1.56. The number of anilines is 1. The average Bonchev–Trinajstić information content (AvgIpc) is 3.03. The zero-order valence-electron chi connectivity index (χ0n) is 15.3. The minimum atomic E-state index is -0.815. The van der Waals surface area contributed by atoms with Gasteiger partial charge in [0.05, 0.1) is 39.1 Å². The Hall–Kier alpha value is -1.91. The lowest BCUT2D eigenvalue weighted by Crippen LogP contribution is -2.54. The summed E-state index contributed by atoms with van der Waals surface area (Å²) in [6, 6.07) is 6.33. The van der Waals surface area contributed by atoms with Gasteiger partial charge in [-0.15, -0.1) is 0 Å². The number of nitrogens with zero attached hydrogens (tertiary/aromatic N) is 1. The van der Waals surface area contributed by atoms with E-state index in [-0.39, 0.29) is 25.2 Å². The van der Waals surface area contributed by atoms with E-state index >= 15 is 0 Å². The van der Waals surface area contributed by atoms with Crippen molar-refractivity contribution < 1.29 is 29.2 Å². The number of methoxy groups -OCH3 is 1. The molecule has 9 nitrogen and oxygen atoms in total. The van der Waals surface area contributed by atoms with Crippen molar-refractivity contribution in [3.8, 4) is 5.75 Å². The second kappa shape index (κ2) is 9.34. The van der Waals surface area contributed by atoms with E-state index in [1.54, 1.807) is 31.4 Å². The molecule has 0 radical (unpaired) electrons. The molecule has 9 heteroatoms. The van der Waals surface area contributed by atoms with Gasteiger partial charge in [-0.1, -0.05) is 0 Å². The molecule has 1 aromatic rings. The van der Waals surface area contributed by atoms with E-state index in [9.17, 15) is 15.0 Å². The van der Waals surface area contributed by atoms with Crippen LogP contribution in [0.5, 0.6) is 5.75 Å². The second-order valence-corrected chi connectivity index (χ2v) is 6.59. The molecule has 4 atom stereocenters. The molecule has 4 N–H and O–H groups in total. The summed E-state index contributed by atoms with van der Waals surface area (Å²) in [4.78, 5) is 14.3. The molecule has 2 aliphatic heterocycles. The fraction of sp³-hybridized carbons (Fsp3) is 0.611. The number of hydrogen-bond donors (Lipinski definition) is 4. The number of aliphatic hydroxyl groups excluding tert-OH is 2. The van der Waals surface area contributed by atoms with E-state index in [4.69, 9.17) is 14.2 Å². The molecule has 2 fully saturated rings. The van der Waals surface area contributed by atoms with Crippen LogP contribution in [0.25, 0.3) is 0 Å². The molecule has 2 saturated heterocycles. The first-order valence-electron chi connectivity index (χ1n) is 9.07. The second-order valence-electron chi connectivity index (χ2n) is 6.59. The number of amides is 2. The standard InChI is InChI=1S/C18H27N3O6/c1-25-13-4-2-12(3-5-13)20-18(24)19-10-14-16(17(23)15(11-22)27-14)21-6-8-26-9-7-21/h2-5,14-17,22-23H,6-11H2,1H3,(H2,19,20,24)/t14-,15+,16?,17-/m1/s1. The molecule has 2 amide bonds. The number of urea groups is 1. The lowest BCUT2D eigenvalue weighted by Gasteiger charge is -2.36. The van der Waals surface area contributed by atoms with Gasteiger partial charge >= 0.3 is 6.03 Å². The van der Waals surface area contributed by atoms with Gasteiger partial charge in [0.25, 0.3) is 0 Å². The van der Waals surface area contributed by atoms with Crippen molar-refractivity contribution in [2.24, 2.45) is 0 Å². The van der Waals surface area contributed by atoms with Gasteiger partial charge in [0.1, 0.15) is 18.0 Å². The lowest BCUT2D eigenvalue weighted by molar-refractivity contribution is -0.0214. The highest BCUT2D eigenvalue weighted by molar-refractivity contribution is 5.89. The Morgan fingerprint density at radius 1 is 1.26 bits per heavy atom. The third-order valence-corrected chi connectivity index (χ3v) is 4.92. The van der Waals surface area contributed by atoms with Crippen LogP contribution in [-0.4, -0.2) is 92.1 Å². The summed E-state index contributed by atoms with van der Waals surface area (Å²) in [7, 11) is 1.58. The molecule has 27 heavy (non-hydrogen) atoms. The van der Waals surface area contributed by atoms with Gasteiger partial charge in [0, 0.05) is 25.3 Å². The normalized spacial score (nSPS) is 28.7. The highest BCUT2D eigenvalue weighted by Gasteiger charge is 2.46. The summed E-state index contributed by atoms with van der Waals surface area (Å²) in [5, 5.41) is 25.5. The number of aliphatic hydroxyl groups is 2. The molecule has 0 saturated carbocycles. The molecule has 150 valence electrons. The van der Waals surface area contributed by atoms with Gasteiger partial charge in [-0.2, -0.15) is 0 Å². The summed E-state index contributed by atoms with van der Waals surface area (Å²) in [5.41, 5.74) is 0.638. The van der Waals surface area contributed by atoms with Crippen LogP contribution in [0.1, 0.15) is 0 Å². The fourth-order valence-electron chi connectivity index (χ4n) is 3.51. The summed E-state index contributed by atoms with van der Waals surface area (Å²) in [6.45, 7) is 2.49. The van der Waals surface area contributed by atoms with Crippen LogP contribution < -0.4 is 15.4 Å². The van der Waals surface area contributed by atoms with Crippen LogP contribution >= 0.6 is 0 Å². The van der Waals surface area contributed by atoms with E-state index in [0.29, 0.717) is 37.7 Å². The zero-order valence-corrected chi connectivity index (χ0v) is 15.3. The van der Waals surface area contributed by atoms with E-state index in [0.717, 1.165) is 0 Å². The Morgan fingerprint density at radius 2 is 1.96 bits per heavy atom. The molecule has 0 bridgehead atoms. The van der Waals surface area contributed by atoms with Crippen LogP contribution in [-0.2, 0) is 9.47 Å². The molecule has 0 aromatic heterocycles. The third-order valence-electron chi connectivity index (χ3n) is 4.92. The minimum Gasteiger partial charge on any atom is -0.497 e. The maximum absolute atomic E-state index is 12.2. The van der Waals surface area contributed by atoms with E-state index < -0.39 is 18.3 Å². The first-order chi connectivity index (χ1) is 13.1. The van der Waals surface area contributed by atoms with E-state index in [1.165, 1.54) is 0 Å². The van der Waals surface area contributed by atoms with Crippen molar-refractivity contribution in [3.05, 3.63) is 24.3 Å². The third kappa shape index (κ3) is 4.88. The van der Waals surface area contributed by atoms with Gasteiger partial charge < -0.3 is 35.1 Å². The number of morpholine rings is 1. The number of hydrogen-bond acceptors (Lipinski definition) is 7. The number of rotatable bonds is 6. The molecule has 1 aromatic carbocycles. The van der Waals surface area contributed by atoms with Crippen LogP contribution in [0.15, 0.2) is 24.3 Å². The molecule has 1 unspecified atom stereocenters. The first-order valence-corrected chi connectivity index (χ1v) is 9.07. The summed E-state index contributed by atoms with van der Waals surface area (Å²) >= 11 is 0. The first kappa shape index (κ1) is 19.8. The molecule has 0 aliphatic carbocycles. The van der Waals surface area contributed by atoms with Crippen LogP contribution in [0.3, 0.4) is 0 Å². The number of ether oxygens (including phenoxy) is 3. The van der Waals surface area contributed by atoms with E-state index in [2.05, 4.69) is 15.5 Å². The largest absolute Gasteiger partial charge is 0.497 e. The number of carbonyl (C=O) groups is 1. The van der Waals surface area contributed by atoms with Crippen molar-refractivity contribution >= 4 is 11.7 Å². The van der Waals surface area contributed by atoms with E-state index in [1.807, 2.05) is 0 Å². The Kier molecular flexibility index (Phi) is 6.86. The topological polar surface area (TPSA) is 113 Å². The highest BCUT2D eigenvalue weighted by Crippen LogP contribution is 2.26. The van der Waals surface area contributed by atoms with Crippen molar-refractivity contribution in [1.29, 1.82) is 0 Å². The van der Waals surface area contributed by atoms with Crippen LogP contribution in [0.4, 0.5) is 10.5 Å². The predicted molar refractivity (Wildman–Crippen MR) is 97.9 cm³/mol. The van der Waals surface area contributed by atoms with Gasteiger partial charge in [0.15, 0.2) is 0 Å². The van der Waals surface area contributed by atoms with Gasteiger partial charge in [-0.3, -0.25) is 4.90 Å². The number of benzene rings is 1. The average molecular weight is 381 g/mol. The number of carbonyl (C=O) groups excluding carboxylic acids is 1. The highest BCUT2D eigenvalue weighted by atomic mass is 16.5. The summed E-state index contributed by atoms with van der Waals surface area (Å²) in [6.07, 6.45) is -1.89. The van der Waals surface area contributed by atoms with Gasteiger partial charge in [-0.25, -0.2) is 4.79 Å². The zero-order chi connectivity index (χ0) is 19.2. The van der Waals surface area contributed by atoms with Crippen LogP contribution in [0.2, 0.25) is 0 Å². The summed E-state index contributed by atoms with van der Waals surface area (Å²) < 4.78 is 16.2. The van der Waals surface area contributed by atoms with Gasteiger partial charge in [0.2, 0.25) is 0 Å². The van der Waals surface area contributed by atoms with Crippen LogP contribution in [0, 0.1) is 0 Å². The Morgan fingerprint density at radius 3 is 2.59 bits per heavy atom. The van der Waals surface area contributed by atoms with Gasteiger partial charge in [-0.05, 0) is 24.3 Å². The van der Waals surface area contributed by atoms with Crippen molar-refractivity contribution in [2.45, 2.75) is 24.4 Å². The predicted octanol–water partition coefficient (Wildman–Crippen LogP) is -0.362. The Labute approximate surface area is 158 Å². The van der Waals surface area contributed by atoms with Crippen molar-refractivity contribution in [2.75, 3.05) is 51.9 Å². The lowest BCUT2D eigenvalue weighted by atomic mass is 10.0. The smallest absolute Gasteiger partial charge is 0.319 e. The minimum absolute atomic E-state index is 0.220. The molecular weight excluding hydrogens is 354 g/mol. The maximum Gasteiger partial charge on any atom is 0.319 e. The monoisotopic (exact) mass is 381 g/mol. The maximum atomic E-state index is 12.2. The molecule has 2 heterocycles. The fourth-order valence-corrected chi connectivity index (χ4v) is 3.51. The molecule has 3 rings (SSSR count). The molecule has 2 aliphatic rings.